The average Bonchev–Trinajstić information content (AvgIpc) is 3.12. The highest BCUT2D eigenvalue weighted by atomic mass is 16.1. The zero-order valence-corrected chi connectivity index (χ0v) is 16.3. The van der Waals surface area contributed by atoms with E-state index < -0.39 is 0 Å². The van der Waals surface area contributed by atoms with Crippen molar-refractivity contribution in [3.8, 4) is 11.3 Å². The molecule has 136 valence electrons. The lowest BCUT2D eigenvalue weighted by atomic mass is 10.0. The van der Waals surface area contributed by atoms with Crippen molar-refractivity contribution >= 4 is 11.9 Å². The Hall–Kier alpha value is -2.94. The van der Waals surface area contributed by atoms with E-state index in [1.54, 1.807) is 24.3 Å². The molecule has 0 unspecified atom stereocenters. The van der Waals surface area contributed by atoms with Crippen LogP contribution in [0.15, 0.2) is 66.8 Å². The quantitative estimate of drug-likeness (QED) is 0.515. The van der Waals surface area contributed by atoms with Crippen LogP contribution in [0.5, 0.6) is 0 Å². The molecule has 0 bridgehead atoms. The van der Waals surface area contributed by atoms with Gasteiger partial charge in [0.25, 0.3) is 0 Å². The van der Waals surface area contributed by atoms with Gasteiger partial charge in [-0.05, 0) is 56.2 Å². The van der Waals surface area contributed by atoms with Gasteiger partial charge in [-0.2, -0.15) is 5.10 Å². The van der Waals surface area contributed by atoms with E-state index in [9.17, 15) is 4.79 Å². The van der Waals surface area contributed by atoms with Crippen molar-refractivity contribution in [2.24, 2.45) is 0 Å². The number of aryl methyl sites for hydroxylation is 2. The molecule has 2 aromatic rings. The molecule has 0 aliphatic carbocycles. The molecular weight excluding hydrogens is 320 g/mol. The SMILES string of the molecule is C=C/C=C(\C=C/C)C(=O)/C=C/c1cc(-c2ccc(C)c(C)c2)n[nH]1.CC. The van der Waals surface area contributed by atoms with E-state index in [2.05, 4.69) is 42.8 Å². The van der Waals surface area contributed by atoms with Crippen LogP contribution in [-0.4, -0.2) is 16.0 Å². The van der Waals surface area contributed by atoms with Gasteiger partial charge in [0, 0.05) is 11.1 Å². The number of rotatable bonds is 6. The molecule has 1 aromatic carbocycles. The molecule has 3 heteroatoms. The maximum absolute atomic E-state index is 12.2. The fourth-order valence-electron chi connectivity index (χ4n) is 2.26. The van der Waals surface area contributed by atoms with E-state index in [4.69, 9.17) is 0 Å². The minimum absolute atomic E-state index is 0.0738. The molecule has 0 saturated heterocycles. The Balaban J connectivity index is 0.00000163. The fraction of sp³-hybridized carbons (Fsp3) is 0.217. The van der Waals surface area contributed by atoms with E-state index in [0.29, 0.717) is 5.57 Å². The molecule has 0 fully saturated rings. The van der Waals surface area contributed by atoms with E-state index >= 15 is 0 Å². The monoisotopic (exact) mass is 348 g/mol. The van der Waals surface area contributed by atoms with Crippen molar-refractivity contribution in [2.45, 2.75) is 34.6 Å². The second-order valence-electron chi connectivity index (χ2n) is 5.56. The van der Waals surface area contributed by atoms with E-state index in [1.807, 2.05) is 39.0 Å². The number of aromatic amines is 1. The Morgan fingerprint density at radius 1 is 1.12 bits per heavy atom. The molecule has 26 heavy (non-hydrogen) atoms. The Bertz CT molecular complexity index is 836. The first-order valence-electron chi connectivity index (χ1n) is 8.86. The van der Waals surface area contributed by atoms with Gasteiger partial charge in [-0.1, -0.05) is 56.9 Å². The Morgan fingerprint density at radius 2 is 1.85 bits per heavy atom. The molecule has 2 rings (SSSR count). The summed E-state index contributed by atoms with van der Waals surface area (Å²) in [5.41, 5.74) is 5.79. The van der Waals surface area contributed by atoms with Gasteiger partial charge in [0.2, 0.25) is 0 Å². The molecule has 0 atom stereocenters. The number of carbonyl (C=O) groups is 1. The topological polar surface area (TPSA) is 45.8 Å². The van der Waals surface area contributed by atoms with Gasteiger partial charge in [-0.3, -0.25) is 9.89 Å². The summed E-state index contributed by atoms with van der Waals surface area (Å²) < 4.78 is 0. The van der Waals surface area contributed by atoms with Gasteiger partial charge in [-0.15, -0.1) is 0 Å². The number of carbonyl (C=O) groups excluding carboxylic acids is 1. The van der Waals surface area contributed by atoms with Gasteiger partial charge < -0.3 is 0 Å². The van der Waals surface area contributed by atoms with Crippen LogP contribution in [0.1, 0.15) is 37.6 Å². The van der Waals surface area contributed by atoms with Gasteiger partial charge in [-0.25, -0.2) is 0 Å². The predicted molar refractivity (Wildman–Crippen MR) is 112 cm³/mol. The van der Waals surface area contributed by atoms with Crippen LogP contribution >= 0.6 is 0 Å². The summed E-state index contributed by atoms with van der Waals surface area (Å²) >= 11 is 0. The normalized spacial score (nSPS) is 11.5. The smallest absolute Gasteiger partial charge is 0.185 e. The first-order valence-corrected chi connectivity index (χ1v) is 8.86. The maximum Gasteiger partial charge on any atom is 0.185 e. The number of nitrogens with zero attached hydrogens (tertiary/aromatic N) is 1. The van der Waals surface area contributed by atoms with E-state index in [1.165, 1.54) is 17.2 Å². The number of aromatic nitrogens is 2. The van der Waals surface area contributed by atoms with Gasteiger partial charge in [0.05, 0.1) is 11.4 Å². The molecule has 0 radical (unpaired) electrons. The van der Waals surface area contributed by atoms with E-state index in [0.717, 1.165) is 17.0 Å². The summed E-state index contributed by atoms with van der Waals surface area (Å²) in [4.78, 5) is 12.2. The zero-order valence-electron chi connectivity index (χ0n) is 16.3. The van der Waals surface area contributed by atoms with Crippen molar-refractivity contribution < 1.29 is 4.79 Å². The molecule has 1 N–H and O–H groups in total. The number of ketones is 1. The van der Waals surface area contributed by atoms with Gasteiger partial charge in [0.15, 0.2) is 5.78 Å². The second-order valence-corrected chi connectivity index (χ2v) is 5.56. The number of nitrogens with one attached hydrogen (secondary N) is 1. The molecule has 0 aliphatic rings. The summed E-state index contributed by atoms with van der Waals surface area (Å²) in [6, 6.07) is 8.18. The summed E-state index contributed by atoms with van der Waals surface area (Å²) in [7, 11) is 0. The Labute approximate surface area is 156 Å². The summed E-state index contributed by atoms with van der Waals surface area (Å²) in [5.74, 6) is -0.0738. The molecule has 0 saturated carbocycles. The predicted octanol–water partition coefficient (Wildman–Crippen LogP) is 5.99. The number of hydrogen-bond acceptors (Lipinski definition) is 2. The molecule has 1 aromatic heterocycles. The first kappa shape index (κ1) is 21.1. The number of hydrogen-bond donors (Lipinski definition) is 1. The highest BCUT2D eigenvalue weighted by Crippen LogP contribution is 2.21. The van der Waals surface area contributed by atoms with Crippen molar-refractivity contribution in [1.29, 1.82) is 0 Å². The highest BCUT2D eigenvalue weighted by Gasteiger charge is 2.05. The second kappa shape index (κ2) is 10.8. The number of H-pyrrole nitrogens is 1. The molecular formula is C23H28N2O. The van der Waals surface area contributed by atoms with E-state index in [-0.39, 0.29) is 5.78 Å². The minimum Gasteiger partial charge on any atom is -0.289 e. The minimum atomic E-state index is -0.0738. The van der Waals surface area contributed by atoms with Crippen LogP contribution < -0.4 is 0 Å². The van der Waals surface area contributed by atoms with Crippen molar-refractivity contribution in [3.05, 3.63) is 83.6 Å². The van der Waals surface area contributed by atoms with Crippen LogP contribution in [0.2, 0.25) is 0 Å². The van der Waals surface area contributed by atoms with Crippen LogP contribution in [0.4, 0.5) is 0 Å². The lowest BCUT2D eigenvalue weighted by Gasteiger charge is -2.01. The zero-order chi connectivity index (χ0) is 19.5. The van der Waals surface area contributed by atoms with Gasteiger partial charge >= 0.3 is 0 Å². The van der Waals surface area contributed by atoms with Crippen molar-refractivity contribution in [2.75, 3.05) is 0 Å². The third-order valence-electron chi connectivity index (χ3n) is 3.74. The maximum atomic E-state index is 12.2. The lowest BCUT2D eigenvalue weighted by molar-refractivity contribution is -0.111. The van der Waals surface area contributed by atoms with Gasteiger partial charge in [0.1, 0.15) is 0 Å². The highest BCUT2D eigenvalue weighted by molar-refractivity contribution is 6.08. The van der Waals surface area contributed by atoms with Crippen LogP contribution in [0.3, 0.4) is 0 Å². The summed E-state index contributed by atoms with van der Waals surface area (Å²) in [6.45, 7) is 13.7. The summed E-state index contributed by atoms with van der Waals surface area (Å²) in [5, 5.41) is 7.27. The molecule has 0 aliphatic heterocycles. The molecule has 0 spiro atoms. The van der Waals surface area contributed by atoms with Crippen LogP contribution in [-0.2, 0) is 4.79 Å². The van der Waals surface area contributed by atoms with Crippen LogP contribution in [0.25, 0.3) is 17.3 Å². The fourth-order valence-corrected chi connectivity index (χ4v) is 2.26. The molecule has 1 heterocycles. The number of allylic oxidation sites excluding steroid dienone is 6. The van der Waals surface area contributed by atoms with Crippen molar-refractivity contribution in [3.63, 3.8) is 0 Å². The molecule has 0 amide bonds. The Morgan fingerprint density at radius 3 is 2.46 bits per heavy atom. The first-order chi connectivity index (χ1) is 12.5. The standard InChI is InChI=1S/C21H22N2O.C2H6/c1-5-7-17(8-6-2)21(24)12-11-19-14-20(23-22-19)18-10-9-15(3)16(4)13-18;1-2/h5-14H,1H2,2-4H3,(H,22,23);1-2H3/b8-6-,12-11+,17-7+;. The third-order valence-corrected chi connectivity index (χ3v) is 3.74. The van der Waals surface area contributed by atoms with Crippen molar-refractivity contribution in [1.82, 2.24) is 10.2 Å². The lowest BCUT2D eigenvalue weighted by Crippen LogP contribution is -1.95. The Kier molecular flexibility index (Phi) is 8.79. The van der Waals surface area contributed by atoms with Crippen LogP contribution in [0, 0.1) is 13.8 Å². The number of benzene rings is 1. The average molecular weight is 348 g/mol. The summed E-state index contributed by atoms with van der Waals surface area (Å²) in [6.07, 6.45) is 10.2. The largest absolute Gasteiger partial charge is 0.289 e. The third kappa shape index (κ3) is 5.85. The molecule has 3 nitrogen and oxygen atoms in total.